The van der Waals surface area contributed by atoms with Crippen LogP contribution in [0.4, 0.5) is 20.9 Å². The van der Waals surface area contributed by atoms with Crippen LogP contribution in [0.25, 0.3) is 0 Å². The molecule has 0 radical (unpaired) electrons. The molecule has 0 unspecified atom stereocenters. The Balaban J connectivity index is 1.49. The van der Waals surface area contributed by atoms with Crippen molar-refractivity contribution in [1.82, 2.24) is 4.98 Å². The lowest BCUT2D eigenvalue weighted by molar-refractivity contribution is -0.115. The zero-order valence-electron chi connectivity index (χ0n) is 17.7. The van der Waals surface area contributed by atoms with E-state index in [1.165, 1.54) is 35.3 Å². The van der Waals surface area contributed by atoms with Gasteiger partial charge >= 0.3 is 0 Å². The molecular weight excluding hydrogens is 441 g/mol. The van der Waals surface area contributed by atoms with Crippen molar-refractivity contribution in [2.45, 2.75) is 13.5 Å². The van der Waals surface area contributed by atoms with E-state index in [-0.39, 0.29) is 24.1 Å². The molecule has 33 heavy (non-hydrogen) atoms. The van der Waals surface area contributed by atoms with Crippen molar-refractivity contribution < 1.29 is 18.7 Å². The summed E-state index contributed by atoms with van der Waals surface area (Å²) in [4.78, 5) is 30.6. The first-order valence-electron chi connectivity index (χ1n) is 10.1. The summed E-state index contributed by atoms with van der Waals surface area (Å²) >= 11 is 1.20. The number of ether oxygens (including phenoxy) is 1. The molecule has 166 valence electrons. The van der Waals surface area contributed by atoms with E-state index in [9.17, 15) is 14.0 Å². The number of thiazole rings is 1. The SMILES string of the molecule is CC(=O)N(c1nc(COc2ccccc2C(=O)Nc2ccccc2)cs1)c1ccccc1F. The van der Waals surface area contributed by atoms with Gasteiger partial charge in [0.1, 0.15) is 18.2 Å². The minimum Gasteiger partial charge on any atom is -0.486 e. The molecule has 0 aliphatic carbocycles. The zero-order chi connectivity index (χ0) is 23.2. The Morgan fingerprint density at radius 3 is 2.45 bits per heavy atom. The zero-order valence-corrected chi connectivity index (χ0v) is 18.5. The fraction of sp³-hybridized carbons (Fsp3) is 0.0800. The summed E-state index contributed by atoms with van der Waals surface area (Å²) in [5, 5.41) is 4.91. The van der Waals surface area contributed by atoms with Crippen LogP contribution < -0.4 is 15.0 Å². The van der Waals surface area contributed by atoms with Crippen molar-refractivity contribution >= 4 is 39.7 Å². The maximum absolute atomic E-state index is 14.3. The van der Waals surface area contributed by atoms with Gasteiger partial charge in [0.15, 0.2) is 5.13 Å². The second-order valence-corrected chi connectivity index (χ2v) is 7.87. The summed E-state index contributed by atoms with van der Waals surface area (Å²) in [5.74, 6) is -0.764. The molecule has 8 heteroatoms. The fourth-order valence-corrected chi connectivity index (χ4v) is 4.02. The highest BCUT2D eigenvalue weighted by molar-refractivity contribution is 7.14. The van der Waals surface area contributed by atoms with Crippen LogP contribution in [-0.2, 0) is 11.4 Å². The number of rotatable bonds is 7. The molecule has 0 aliphatic rings. The summed E-state index contributed by atoms with van der Waals surface area (Å²) in [6, 6.07) is 22.1. The van der Waals surface area contributed by atoms with Crippen molar-refractivity contribution in [3.05, 3.63) is 101 Å². The van der Waals surface area contributed by atoms with Crippen LogP contribution in [0.2, 0.25) is 0 Å². The van der Waals surface area contributed by atoms with Crippen LogP contribution in [-0.4, -0.2) is 16.8 Å². The van der Waals surface area contributed by atoms with Crippen molar-refractivity contribution in [3.8, 4) is 5.75 Å². The largest absolute Gasteiger partial charge is 0.486 e. The lowest BCUT2D eigenvalue weighted by Crippen LogP contribution is -2.23. The predicted molar refractivity (Wildman–Crippen MR) is 127 cm³/mol. The van der Waals surface area contributed by atoms with Gasteiger partial charge in [0.2, 0.25) is 5.91 Å². The third-order valence-corrected chi connectivity index (χ3v) is 5.55. The van der Waals surface area contributed by atoms with E-state index in [4.69, 9.17) is 4.74 Å². The Morgan fingerprint density at radius 2 is 1.70 bits per heavy atom. The minimum atomic E-state index is -0.515. The average Bonchev–Trinajstić information content (AvgIpc) is 3.28. The third kappa shape index (κ3) is 5.24. The van der Waals surface area contributed by atoms with Crippen molar-refractivity contribution in [1.29, 1.82) is 0 Å². The number of para-hydroxylation sites is 3. The number of halogens is 1. The first-order valence-corrected chi connectivity index (χ1v) is 11.0. The summed E-state index contributed by atoms with van der Waals surface area (Å²) in [6.45, 7) is 1.43. The second-order valence-electron chi connectivity index (χ2n) is 7.03. The first-order chi connectivity index (χ1) is 16.0. The van der Waals surface area contributed by atoms with Gasteiger partial charge in [-0.15, -0.1) is 11.3 Å². The topological polar surface area (TPSA) is 71.5 Å². The Hall–Kier alpha value is -4.04. The van der Waals surface area contributed by atoms with Crippen molar-refractivity contribution in [2.24, 2.45) is 0 Å². The molecule has 0 bridgehead atoms. The summed E-state index contributed by atoms with van der Waals surface area (Å²) < 4.78 is 20.1. The fourth-order valence-electron chi connectivity index (χ4n) is 3.16. The Bertz CT molecular complexity index is 1280. The number of aromatic nitrogens is 1. The molecule has 4 rings (SSSR count). The number of hydrogen-bond acceptors (Lipinski definition) is 5. The van der Waals surface area contributed by atoms with E-state index in [1.807, 2.05) is 18.2 Å². The Morgan fingerprint density at radius 1 is 1.00 bits per heavy atom. The quantitative estimate of drug-likeness (QED) is 0.378. The number of hydrogen-bond donors (Lipinski definition) is 1. The predicted octanol–water partition coefficient (Wildman–Crippen LogP) is 5.80. The van der Waals surface area contributed by atoms with Gasteiger partial charge < -0.3 is 10.1 Å². The molecule has 0 atom stereocenters. The third-order valence-electron chi connectivity index (χ3n) is 4.68. The van der Waals surface area contributed by atoms with Gasteiger partial charge in [0.05, 0.1) is 16.9 Å². The molecule has 0 saturated carbocycles. The summed E-state index contributed by atoms with van der Waals surface area (Å²) in [6.07, 6.45) is 0. The van der Waals surface area contributed by atoms with Crippen LogP contribution >= 0.6 is 11.3 Å². The van der Waals surface area contributed by atoms with E-state index < -0.39 is 5.82 Å². The molecule has 2 amide bonds. The molecule has 6 nitrogen and oxygen atoms in total. The molecule has 4 aromatic rings. The highest BCUT2D eigenvalue weighted by atomic mass is 32.1. The maximum atomic E-state index is 14.3. The van der Waals surface area contributed by atoms with E-state index in [0.29, 0.717) is 27.8 Å². The van der Waals surface area contributed by atoms with Gasteiger partial charge in [0.25, 0.3) is 5.91 Å². The highest BCUT2D eigenvalue weighted by Gasteiger charge is 2.21. The van der Waals surface area contributed by atoms with Gasteiger partial charge in [-0.2, -0.15) is 0 Å². The number of nitrogens with one attached hydrogen (secondary N) is 1. The van der Waals surface area contributed by atoms with Gasteiger partial charge in [0, 0.05) is 18.0 Å². The maximum Gasteiger partial charge on any atom is 0.259 e. The molecule has 0 aliphatic heterocycles. The molecule has 0 spiro atoms. The second kappa shape index (κ2) is 10.1. The molecule has 1 aromatic heterocycles. The van der Waals surface area contributed by atoms with Crippen LogP contribution in [0, 0.1) is 5.82 Å². The standard InChI is InChI=1S/C25H20FN3O3S/c1-17(30)29(22-13-7-6-12-21(22)26)25-28-19(16-33-25)15-32-23-14-8-5-11-20(23)24(31)27-18-9-3-2-4-10-18/h2-14,16H,15H2,1H3,(H,27,31). The van der Waals surface area contributed by atoms with E-state index in [0.717, 1.165) is 0 Å². The normalized spacial score (nSPS) is 10.5. The molecule has 1 heterocycles. The van der Waals surface area contributed by atoms with Gasteiger partial charge in [-0.1, -0.05) is 42.5 Å². The number of nitrogens with zero attached hydrogens (tertiary/aromatic N) is 2. The Labute approximate surface area is 194 Å². The van der Waals surface area contributed by atoms with Crippen molar-refractivity contribution in [2.75, 3.05) is 10.2 Å². The number of amides is 2. The molecule has 1 N–H and O–H groups in total. The summed E-state index contributed by atoms with van der Waals surface area (Å²) in [5.41, 5.74) is 1.75. The van der Waals surface area contributed by atoms with E-state index in [2.05, 4.69) is 10.3 Å². The molecule has 0 fully saturated rings. The van der Waals surface area contributed by atoms with E-state index in [1.54, 1.807) is 53.9 Å². The molecule has 3 aromatic carbocycles. The van der Waals surface area contributed by atoms with Crippen LogP contribution in [0.1, 0.15) is 23.0 Å². The van der Waals surface area contributed by atoms with Crippen molar-refractivity contribution in [3.63, 3.8) is 0 Å². The minimum absolute atomic E-state index is 0.0785. The number of benzene rings is 3. The molecular formula is C25H20FN3O3S. The number of anilines is 3. The number of carbonyl (C=O) groups excluding carboxylic acids is 2. The highest BCUT2D eigenvalue weighted by Crippen LogP contribution is 2.31. The average molecular weight is 462 g/mol. The number of carbonyl (C=O) groups is 2. The van der Waals surface area contributed by atoms with Crippen LogP contribution in [0.5, 0.6) is 5.75 Å². The van der Waals surface area contributed by atoms with E-state index >= 15 is 0 Å². The lowest BCUT2D eigenvalue weighted by Gasteiger charge is -2.18. The van der Waals surface area contributed by atoms with Crippen LogP contribution in [0.3, 0.4) is 0 Å². The lowest BCUT2D eigenvalue weighted by atomic mass is 10.2. The Kier molecular flexibility index (Phi) is 6.75. The van der Waals surface area contributed by atoms with Gasteiger partial charge in [-0.05, 0) is 36.4 Å². The van der Waals surface area contributed by atoms with Crippen LogP contribution in [0.15, 0.2) is 84.2 Å². The van der Waals surface area contributed by atoms with Gasteiger partial charge in [-0.25, -0.2) is 9.37 Å². The smallest absolute Gasteiger partial charge is 0.259 e. The van der Waals surface area contributed by atoms with Gasteiger partial charge in [-0.3, -0.25) is 14.5 Å². The summed E-state index contributed by atoms with van der Waals surface area (Å²) in [7, 11) is 0. The monoisotopic (exact) mass is 461 g/mol. The first kappa shape index (κ1) is 22.2. The molecule has 0 saturated heterocycles.